The standard InChI is InChI=1S/C13H26N2O3S/c1-9(8-19-6)7-14-11(18)15-13(4,5)12(2,3)10(16)17/h9H,7-8H2,1-6H3,(H,16,17)(H2,14,15,18). The van der Waals surface area contributed by atoms with Crippen molar-refractivity contribution in [3.05, 3.63) is 0 Å². The summed E-state index contributed by atoms with van der Waals surface area (Å²) in [4.78, 5) is 23.0. The van der Waals surface area contributed by atoms with E-state index in [0.717, 1.165) is 5.75 Å². The lowest BCUT2D eigenvalue weighted by Crippen LogP contribution is -2.59. The van der Waals surface area contributed by atoms with Gasteiger partial charge in [-0.3, -0.25) is 4.79 Å². The molecule has 3 N–H and O–H groups in total. The zero-order valence-corrected chi connectivity index (χ0v) is 13.5. The Morgan fingerprint density at radius 3 is 2.21 bits per heavy atom. The first kappa shape index (κ1) is 18.1. The molecule has 0 aliphatic carbocycles. The number of amides is 2. The van der Waals surface area contributed by atoms with Gasteiger partial charge in [0.2, 0.25) is 0 Å². The fourth-order valence-electron chi connectivity index (χ4n) is 1.36. The number of nitrogens with one attached hydrogen (secondary N) is 2. The Balaban J connectivity index is 4.43. The van der Waals surface area contributed by atoms with E-state index in [4.69, 9.17) is 0 Å². The molecule has 5 nitrogen and oxygen atoms in total. The van der Waals surface area contributed by atoms with E-state index in [1.165, 1.54) is 0 Å². The van der Waals surface area contributed by atoms with E-state index in [0.29, 0.717) is 12.5 Å². The lowest BCUT2D eigenvalue weighted by atomic mass is 9.74. The molecule has 0 radical (unpaired) electrons. The van der Waals surface area contributed by atoms with Crippen LogP contribution in [0, 0.1) is 11.3 Å². The predicted octanol–water partition coefficient (Wildman–Crippen LogP) is 2.17. The van der Waals surface area contributed by atoms with Crippen LogP contribution in [0.15, 0.2) is 0 Å². The number of hydrogen-bond acceptors (Lipinski definition) is 3. The number of thioether (sulfide) groups is 1. The van der Waals surface area contributed by atoms with Gasteiger partial charge in [0.25, 0.3) is 0 Å². The topological polar surface area (TPSA) is 78.4 Å². The van der Waals surface area contributed by atoms with Crippen LogP contribution < -0.4 is 10.6 Å². The first-order chi connectivity index (χ1) is 8.54. The second-order valence-corrected chi connectivity index (χ2v) is 6.86. The molecule has 0 saturated carbocycles. The maximum absolute atomic E-state index is 11.8. The molecule has 0 fully saturated rings. The molecule has 1 unspecified atom stereocenters. The number of rotatable bonds is 7. The smallest absolute Gasteiger partial charge is 0.315 e. The monoisotopic (exact) mass is 290 g/mol. The molecule has 0 heterocycles. The van der Waals surface area contributed by atoms with E-state index in [-0.39, 0.29) is 6.03 Å². The van der Waals surface area contributed by atoms with Gasteiger partial charge < -0.3 is 15.7 Å². The highest BCUT2D eigenvalue weighted by Gasteiger charge is 2.44. The lowest BCUT2D eigenvalue weighted by Gasteiger charge is -2.38. The van der Waals surface area contributed by atoms with Gasteiger partial charge in [0.15, 0.2) is 0 Å². The van der Waals surface area contributed by atoms with Crippen molar-refractivity contribution in [1.29, 1.82) is 0 Å². The minimum absolute atomic E-state index is 0.327. The minimum atomic E-state index is -1.05. The van der Waals surface area contributed by atoms with Gasteiger partial charge >= 0.3 is 12.0 Å². The highest BCUT2D eigenvalue weighted by molar-refractivity contribution is 7.98. The van der Waals surface area contributed by atoms with E-state index in [1.54, 1.807) is 39.5 Å². The van der Waals surface area contributed by atoms with Crippen molar-refractivity contribution in [1.82, 2.24) is 10.6 Å². The summed E-state index contributed by atoms with van der Waals surface area (Å²) in [6.45, 7) is 9.27. The summed E-state index contributed by atoms with van der Waals surface area (Å²) in [6.07, 6.45) is 2.02. The SMILES string of the molecule is CSCC(C)CNC(=O)NC(C)(C)C(C)(C)C(=O)O. The number of carboxylic acid groups (broad SMARTS) is 1. The third kappa shape index (κ3) is 5.30. The maximum atomic E-state index is 11.8. The number of hydrogen-bond donors (Lipinski definition) is 3. The van der Waals surface area contributed by atoms with Crippen molar-refractivity contribution < 1.29 is 14.7 Å². The predicted molar refractivity (Wildman–Crippen MR) is 79.6 cm³/mol. The summed E-state index contributed by atoms with van der Waals surface area (Å²) >= 11 is 1.73. The van der Waals surface area contributed by atoms with Gasteiger partial charge in [-0.25, -0.2) is 4.79 Å². The van der Waals surface area contributed by atoms with Crippen LogP contribution >= 0.6 is 11.8 Å². The first-order valence-corrected chi connectivity index (χ1v) is 7.72. The van der Waals surface area contributed by atoms with Crippen molar-refractivity contribution in [2.45, 2.75) is 40.2 Å². The lowest BCUT2D eigenvalue weighted by molar-refractivity contribution is -0.150. The van der Waals surface area contributed by atoms with Crippen LogP contribution in [0.4, 0.5) is 4.79 Å². The van der Waals surface area contributed by atoms with Crippen LogP contribution in [0.5, 0.6) is 0 Å². The molecule has 19 heavy (non-hydrogen) atoms. The van der Waals surface area contributed by atoms with Gasteiger partial charge in [-0.15, -0.1) is 0 Å². The average molecular weight is 290 g/mol. The second-order valence-electron chi connectivity index (χ2n) is 5.95. The highest BCUT2D eigenvalue weighted by atomic mass is 32.2. The Morgan fingerprint density at radius 1 is 1.26 bits per heavy atom. The summed E-state index contributed by atoms with van der Waals surface area (Å²) in [5.74, 6) is 0.425. The molecule has 0 aromatic heterocycles. The van der Waals surface area contributed by atoms with Crippen LogP contribution in [-0.4, -0.2) is 41.2 Å². The Bertz CT molecular complexity index is 330. The van der Waals surface area contributed by atoms with Crippen molar-refractivity contribution >= 4 is 23.8 Å². The molecular formula is C13H26N2O3S. The zero-order chi connectivity index (χ0) is 15.3. The molecule has 0 bridgehead atoms. The molecule has 0 aliphatic rings. The van der Waals surface area contributed by atoms with E-state index in [9.17, 15) is 14.7 Å². The summed E-state index contributed by atoms with van der Waals surface area (Å²) in [5, 5.41) is 14.7. The molecule has 1 atom stereocenters. The molecule has 2 amide bonds. The molecule has 112 valence electrons. The van der Waals surface area contributed by atoms with Crippen LogP contribution in [0.2, 0.25) is 0 Å². The zero-order valence-electron chi connectivity index (χ0n) is 12.7. The summed E-state index contributed by atoms with van der Waals surface area (Å²) in [7, 11) is 0. The Labute approximate surface area is 119 Å². The number of aliphatic carboxylic acids is 1. The molecule has 6 heteroatoms. The number of carbonyl (C=O) groups is 2. The highest BCUT2D eigenvalue weighted by Crippen LogP contribution is 2.30. The van der Waals surface area contributed by atoms with Gasteiger partial charge in [-0.1, -0.05) is 6.92 Å². The Hall–Kier alpha value is -0.910. The third-order valence-electron chi connectivity index (χ3n) is 3.59. The van der Waals surface area contributed by atoms with Gasteiger partial charge in [0.1, 0.15) is 0 Å². The van der Waals surface area contributed by atoms with E-state index < -0.39 is 16.9 Å². The summed E-state index contributed by atoms with van der Waals surface area (Å²) in [6, 6.07) is -0.327. The fourth-order valence-corrected chi connectivity index (χ4v) is 2.05. The van der Waals surface area contributed by atoms with E-state index in [2.05, 4.69) is 17.6 Å². The minimum Gasteiger partial charge on any atom is -0.481 e. The van der Waals surface area contributed by atoms with Crippen LogP contribution in [-0.2, 0) is 4.79 Å². The van der Waals surface area contributed by atoms with Gasteiger partial charge in [-0.05, 0) is 45.6 Å². The molecule has 0 aromatic carbocycles. The van der Waals surface area contributed by atoms with Crippen molar-refractivity contribution in [2.75, 3.05) is 18.6 Å². The second kappa shape index (κ2) is 7.03. The quantitative estimate of drug-likeness (QED) is 0.671. The largest absolute Gasteiger partial charge is 0.481 e. The van der Waals surface area contributed by atoms with E-state index in [1.807, 2.05) is 6.26 Å². The molecule has 0 aromatic rings. The number of carbonyl (C=O) groups excluding carboxylic acids is 1. The van der Waals surface area contributed by atoms with Gasteiger partial charge in [-0.2, -0.15) is 11.8 Å². The summed E-state index contributed by atoms with van der Waals surface area (Å²) < 4.78 is 0. The third-order valence-corrected chi connectivity index (χ3v) is 4.49. The molecule has 0 saturated heterocycles. The molecular weight excluding hydrogens is 264 g/mol. The summed E-state index contributed by atoms with van der Waals surface area (Å²) in [5.41, 5.74) is -1.89. The molecule has 0 rings (SSSR count). The molecule has 0 spiro atoms. The Morgan fingerprint density at radius 2 is 1.79 bits per heavy atom. The average Bonchev–Trinajstić information content (AvgIpc) is 2.25. The van der Waals surface area contributed by atoms with Crippen LogP contribution in [0.1, 0.15) is 34.6 Å². The fraction of sp³-hybridized carbons (Fsp3) is 0.846. The Kier molecular flexibility index (Phi) is 6.69. The normalized spacial score (nSPS) is 13.8. The van der Waals surface area contributed by atoms with Gasteiger partial charge in [0, 0.05) is 6.54 Å². The van der Waals surface area contributed by atoms with Crippen LogP contribution in [0.25, 0.3) is 0 Å². The number of carboxylic acids is 1. The van der Waals surface area contributed by atoms with Crippen molar-refractivity contribution in [2.24, 2.45) is 11.3 Å². The van der Waals surface area contributed by atoms with E-state index >= 15 is 0 Å². The van der Waals surface area contributed by atoms with Gasteiger partial charge in [0.05, 0.1) is 11.0 Å². The maximum Gasteiger partial charge on any atom is 0.315 e. The first-order valence-electron chi connectivity index (χ1n) is 6.33. The molecule has 0 aliphatic heterocycles. The van der Waals surface area contributed by atoms with Crippen molar-refractivity contribution in [3.8, 4) is 0 Å². The van der Waals surface area contributed by atoms with Crippen molar-refractivity contribution in [3.63, 3.8) is 0 Å². The number of urea groups is 1. The van der Waals surface area contributed by atoms with Crippen LogP contribution in [0.3, 0.4) is 0 Å².